The van der Waals surface area contributed by atoms with Crippen LogP contribution in [0.4, 0.5) is 24.7 Å². The van der Waals surface area contributed by atoms with Gasteiger partial charge in [0.05, 0.1) is 11.3 Å². The van der Waals surface area contributed by atoms with Crippen LogP contribution in [0.5, 0.6) is 0 Å². The fraction of sp³-hybridized carbons (Fsp3) is 0. The van der Waals surface area contributed by atoms with Gasteiger partial charge < -0.3 is 11.5 Å². The maximum absolute atomic E-state index is 13.8. The fourth-order valence-corrected chi connectivity index (χ4v) is 2.24. The number of nitrogen functional groups attached to an aromatic ring is 2. The number of fused-ring (bicyclic) bond motifs is 1. The molecule has 3 rings (SSSR count). The van der Waals surface area contributed by atoms with Crippen molar-refractivity contribution in [3.8, 4) is 11.3 Å². The van der Waals surface area contributed by atoms with Crippen molar-refractivity contribution < 1.29 is 13.2 Å². The number of nitrogens with zero attached hydrogens (tertiary/aromatic N) is 1. The van der Waals surface area contributed by atoms with Gasteiger partial charge >= 0.3 is 0 Å². The van der Waals surface area contributed by atoms with Gasteiger partial charge in [0.1, 0.15) is 23.3 Å². The molecule has 2 aromatic carbocycles. The third-order valence-corrected chi connectivity index (χ3v) is 3.20. The Labute approximate surface area is 118 Å². The Hall–Kier alpha value is -2.76. The molecule has 3 nitrogen and oxygen atoms in total. The molecule has 0 radical (unpaired) electrons. The van der Waals surface area contributed by atoms with E-state index in [-0.39, 0.29) is 11.5 Å². The maximum atomic E-state index is 13.8. The monoisotopic (exact) mass is 289 g/mol. The molecular weight excluding hydrogens is 279 g/mol. The summed E-state index contributed by atoms with van der Waals surface area (Å²) in [7, 11) is 0. The van der Waals surface area contributed by atoms with Crippen molar-refractivity contribution in [2.24, 2.45) is 0 Å². The summed E-state index contributed by atoms with van der Waals surface area (Å²) in [5, 5.41) is 1.12. The fourth-order valence-electron chi connectivity index (χ4n) is 2.24. The lowest BCUT2D eigenvalue weighted by atomic mass is 10.0. The number of halogens is 3. The van der Waals surface area contributed by atoms with E-state index in [2.05, 4.69) is 4.98 Å². The zero-order valence-electron chi connectivity index (χ0n) is 10.7. The molecular formula is C15H10F3N3. The Morgan fingerprint density at radius 3 is 2.19 bits per heavy atom. The van der Waals surface area contributed by atoms with Crippen LogP contribution in [0.1, 0.15) is 0 Å². The van der Waals surface area contributed by atoms with Crippen molar-refractivity contribution in [2.45, 2.75) is 0 Å². The number of benzene rings is 2. The average molecular weight is 289 g/mol. The Morgan fingerprint density at radius 1 is 0.857 bits per heavy atom. The van der Waals surface area contributed by atoms with Crippen LogP contribution in [-0.4, -0.2) is 4.98 Å². The van der Waals surface area contributed by atoms with E-state index >= 15 is 0 Å². The first kappa shape index (κ1) is 13.2. The van der Waals surface area contributed by atoms with Gasteiger partial charge in [0.2, 0.25) is 0 Å². The molecule has 0 fully saturated rings. The molecule has 0 atom stereocenters. The lowest BCUT2D eigenvalue weighted by Gasteiger charge is -2.10. The highest BCUT2D eigenvalue weighted by molar-refractivity contribution is 6.00. The SMILES string of the molecule is Nc1cccc2c(N)nc(-c3c(F)cc(F)cc3F)cc12. The van der Waals surface area contributed by atoms with Crippen LogP contribution in [0.2, 0.25) is 0 Å². The van der Waals surface area contributed by atoms with Crippen LogP contribution >= 0.6 is 0 Å². The van der Waals surface area contributed by atoms with Gasteiger partial charge in [-0.25, -0.2) is 18.2 Å². The van der Waals surface area contributed by atoms with Crippen molar-refractivity contribution in [3.05, 3.63) is 53.8 Å². The smallest absolute Gasteiger partial charge is 0.138 e. The van der Waals surface area contributed by atoms with Gasteiger partial charge in [-0.15, -0.1) is 0 Å². The largest absolute Gasteiger partial charge is 0.398 e. The summed E-state index contributed by atoms with van der Waals surface area (Å²) in [6.45, 7) is 0. The zero-order chi connectivity index (χ0) is 15.1. The molecule has 0 saturated carbocycles. The third-order valence-electron chi connectivity index (χ3n) is 3.20. The van der Waals surface area contributed by atoms with E-state index in [1.165, 1.54) is 6.07 Å². The van der Waals surface area contributed by atoms with Gasteiger partial charge in [-0.05, 0) is 12.1 Å². The summed E-state index contributed by atoms with van der Waals surface area (Å²) in [6, 6.07) is 7.66. The Kier molecular flexibility index (Phi) is 2.94. The number of pyridine rings is 1. The zero-order valence-corrected chi connectivity index (χ0v) is 10.7. The van der Waals surface area contributed by atoms with E-state index < -0.39 is 23.0 Å². The summed E-state index contributed by atoms with van der Waals surface area (Å²) in [5.41, 5.74) is 11.6. The van der Waals surface area contributed by atoms with Crippen molar-refractivity contribution in [2.75, 3.05) is 11.5 Å². The molecule has 0 spiro atoms. The standard InChI is InChI=1S/C15H10F3N3/c16-7-4-10(17)14(11(18)5-7)13-6-9-8(15(20)21-13)2-1-3-12(9)19/h1-6H,19H2,(H2,20,21). The summed E-state index contributed by atoms with van der Waals surface area (Å²) >= 11 is 0. The lowest BCUT2D eigenvalue weighted by molar-refractivity contribution is 0.547. The second kappa shape index (κ2) is 4.66. The van der Waals surface area contributed by atoms with Crippen LogP contribution in [0.25, 0.3) is 22.0 Å². The molecule has 1 aromatic heterocycles. The number of hydrogen-bond acceptors (Lipinski definition) is 3. The molecule has 0 aliphatic rings. The lowest BCUT2D eigenvalue weighted by Crippen LogP contribution is -2.00. The first-order valence-electron chi connectivity index (χ1n) is 6.07. The molecule has 0 aliphatic carbocycles. The van der Waals surface area contributed by atoms with Gasteiger partial charge in [0, 0.05) is 28.6 Å². The van der Waals surface area contributed by atoms with E-state index in [0.29, 0.717) is 28.6 Å². The molecule has 3 aromatic rings. The minimum atomic E-state index is -1.05. The first-order chi connectivity index (χ1) is 9.97. The van der Waals surface area contributed by atoms with Crippen molar-refractivity contribution in [1.29, 1.82) is 0 Å². The second-order valence-electron chi connectivity index (χ2n) is 4.58. The molecule has 0 saturated heterocycles. The van der Waals surface area contributed by atoms with E-state index in [1.54, 1.807) is 18.2 Å². The predicted molar refractivity (Wildman–Crippen MR) is 75.9 cm³/mol. The quantitative estimate of drug-likeness (QED) is 0.674. The molecule has 0 amide bonds. The summed E-state index contributed by atoms with van der Waals surface area (Å²) in [5.74, 6) is -3.00. The maximum Gasteiger partial charge on any atom is 0.138 e. The molecule has 1 heterocycles. The minimum Gasteiger partial charge on any atom is -0.398 e. The molecule has 6 heteroatoms. The van der Waals surface area contributed by atoms with E-state index in [0.717, 1.165) is 0 Å². The normalized spacial score (nSPS) is 11.0. The van der Waals surface area contributed by atoms with Crippen LogP contribution < -0.4 is 11.5 Å². The van der Waals surface area contributed by atoms with Crippen molar-refractivity contribution in [1.82, 2.24) is 4.98 Å². The van der Waals surface area contributed by atoms with Crippen LogP contribution in [0, 0.1) is 17.5 Å². The number of rotatable bonds is 1. The number of nitrogens with two attached hydrogens (primary N) is 2. The van der Waals surface area contributed by atoms with E-state index in [9.17, 15) is 13.2 Å². The van der Waals surface area contributed by atoms with Gasteiger partial charge in [0.25, 0.3) is 0 Å². The van der Waals surface area contributed by atoms with Gasteiger partial charge in [-0.2, -0.15) is 0 Å². The predicted octanol–water partition coefficient (Wildman–Crippen LogP) is 3.48. The van der Waals surface area contributed by atoms with E-state index in [4.69, 9.17) is 11.5 Å². The highest BCUT2D eigenvalue weighted by atomic mass is 19.1. The highest BCUT2D eigenvalue weighted by Crippen LogP contribution is 2.32. The molecule has 106 valence electrons. The topological polar surface area (TPSA) is 64.9 Å². The van der Waals surface area contributed by atoms with Crippen molar-refractivity contribution >= 4 is 22.3 Å². The molecule has 0 aliphatic heterocycles. The molecule has 0 bridgehead atoms. The first-order valence-corrected chi connectivity index (χ1v) is 6.07. The van der Waals surface area contributed by atoms with E-state index in [1.807, 2.05) is 0 Å². The third kappa shape index (κ3) is 2.14. The summed E-state index contributed by atoms with van der Waals surface area (Å²) in [6.07, 6.45) is 0. The van der Waals surface area contributed by atoms with Crippen LogP contribution in [0.3, 0.4) is 0 Å². The number of anilines is 2. The Morgan fingerprint density at radius 2 is 1.52 bits per heavy atom. The molecule has 0 unspecified atom stereocenters. The number of aromatic nitrogens is 1. The second-order valence-corrected chi connectivity index (χ2v) is 4.58. The van der Waals surface area contributed by atoms with Gasteiger partial charge in [0.15, 0.2) is 0 Å². The van der Waals surface area contributed by atoms with Crippen LogP contribution in [-0.2, 0) is 0 Å². The van der Waals surface area contributed by atoms with Gasteiger partial charge in [-0.1, -0.05) is 12.1 Å². The Balaban J connectivity index is 2.34. The molecule has 21 heavy (non-hydrogen) atoms. The van der Waals surface area contributed by atoms with Crippen LogP contribution in [0.15, 0.2) is 36.4 Å². The van der Waals surface area contributed by atoms with Crippen molar-refractivity contribution in [3.63, 3.8) is 0 Å². The highest BCUT2D eigenvalue weighted by Gasteiger charge is 2.17. The number of hydrogen-bond donors (Lipinski definition) is 2. The van der Waals surface area contributed by atoms with Gasteiger partial charge in [-0.3, -0.25) is 0 Å². The summed E-state index contributed by atoms with van der Waals surface area (Å²) in [4.78, 5) is 3.98. The average Bonchev–Trinajstić information content (AvgIpc) is 2.39. The summed E-state index contributed by atoms with van der Waals surface area (Å²) < 4.78 is 40.6. The minimum absolute atomic E-state index is 0.0344. The molecule has 4 N–H and O–H groups in total. The Bertz CT molecular complexity index is 839.